The van der Waals surface area contributed by atoms with E-state index in [2.05, 4.69) is 10.3 Å². The van der Waals surface area contributed by atoms with Crippen molar-refractivity contribution >= 4 is 28.2 Å². The van der Waals surface area contributed by atoms with Crippen LogP contribution in [0.2, 0.25) is 0 Å². The lowest BCUT2D eigenvalue weighted by Crippen LogP contribution is -2.46. The predicted molar refractivity (Wildman–Crippen MR) is 77.7 cm³/mol. The summed E-state index contributed by atoms with van der Waals surface area (Å²) in [6, 6.07) is -1.04. The normalized spacial score (nSPS) is 13.8. The lowest BCUT2D eigenvalue weighted by Gasteiger charge is -2.19. The molecule has 7 nitrogen and oxygen atoms in total. The number of nitrogens with zero attached hydrogens (tertiary/aromatic N) is 2. The molecule has 21 heavy (non-hydrogen) atoms. The summed E-state index contributed by atoms with van der Waals surface area (Å²) in [5, 5.41) is 13.2. The number of carboxylic acid groups (broad SMARTS) is 1. The second-order valence-corrected chi connectivity index (χ2v) is 5.58. The van der Waals surface area contributed by atoms with Gasteiger partial charge < -0.3 is 10.4 Å². The number of carbonyl (C=O) groups excluding carboxylic acids is 1. The first kappa shape index (κ1) is 15.2. The highest BCUT2D eigenvalue weighted by Crippen LogP contribution is 2.09. The maximum atomic E-state index is 12.1. The van der Waals surface area contributed by atoms with Crippen LogP contribution in [0.5, 0.6) is 0 Å². The van der Waals surface area contributed by atoms with Crippen LogP contribution in [0.15, 0.2) is 22.6 Å². The highest BCUT2D eigenvalue weighted by molar-refractivity contribution is 7.15. The van der Waals surface area contributed by atoms with Gasteiger partial charge in [0.05, 0.1) is 0 Å². The van der Waals surface area contributed by atoms with Gasteiger partial charge in [0.25, 0.3) is 11.5 Å². The molecular formula is C13H15N3O4S. The fourth-order valence-electron chi connectivity index (χ4n) is 1.88. The molecule has 2 atom stereocenters. The summed E-state index contributed by atoms with van der Waals surface area (Å²) < 4.78 is 1.26. The van der Waals surface area contributed by atoms with Crippen LogP contribution in [0.1, 0.15) is 30.6 Å². The van der Waals surface area contributed by atoms with Crippen molar-refractivity contribution in [2.45, 2.75) is 26.3 Å². The molecule has 2 rings (SSSR count). The van der Waals surface area contributed by atoms with Gasteiger partial charge in [-0.2, -0.15) is 0 Å². The summed E-state index contributed by atoms with van der Waals surface area (Å²) >= 11 is 1.28. The van der Waals surface area contributed by atoms with Crippen LogP contribution in [0.3, 0.4) is 0 Å². The Morgan fingerprint density at radius 1 is 1.52 bits per heavy atom. The lowest BCUT2D eigenvalue weighted by atomic mass is 9.99. The molecule has 0 saturated carbocycles. The number of carbonyl (C=O) groups is 2. The first-order valence-corrected chi connectivity index (χ1v) is 7.32. The Morgan fingerprint density at radius 2 is 2.24 bits per heavy atom. The number of hydrogen-bond acceptors (Lipinski definition) is 5. The van der Waals surface area contributed by atoms with Crippen LogP contribution in [0, 0.1) is 5.92 Å². The Labute approximate surface area is 124 Å². The third-order valence-electron chi connectivity index (χ3n) is 3.35. The van der Waals surface area contributed by atoms with E-state index in [-0.39, 0.29) is 11.5 Å². The van der Waals surface area contributed by atoms with E-state index in [0.717, 1.165) is 0 Å². The molecule has 0 spiro atoms. The van der Waals surface area contributed by atoms with Gasteiger partial charge in [-0.25, -0.2) is 9.78 Å². The number of fused-ring (bicyclic) bond motifs is 1. The average Bonchev–Trinajstić information content (AvgIpc) is 2.93. The molecule has 0 aliphatic carbocycles. The number of carboxylic acids is 1. The van der Waals surface area contributed by atoms with Crippen molar-refractivity contribution in [2.75, 3.05) is 0 Å². The number of thiazole rings is 1. The lowest BCUT2D eigenvalue weighted by molar-refractivity contribution is -0.140. The van der Waals surface area contributed by atoms with E-state index >= 15 is 0 Å². The van der Waals surface area contributed by atoms with Crippen LogP contribution < -0.4 is 10.9 Å². The Bertz CT molecular complexity index is 736. The van der Waals surface area contributed by atoms with Gasteiger partial charge in [-0.05, 0) is 5.92 Å². The zero-order valence-corrected chi connectivity index (χ0v) is 12.4. The van der Waals surface area contributed by atoms with Crippen LogP contribution >= 0.6 is 11.3 Å². The van der Waals surface area contributed by atoms with Gasteiger partial charge in [0, 0.05) is 17.8 Å². The van der Waals surface area contributed by atoms with Gasteiger partial charge in [0.2, 0.25) is 0 Å². The van der Waals surface area contributed by atoms with Crippen molar-refractivity contribution in [1.29, 1.82) is 0 Å². The number of nitrogens with one attached hydrogen (secondary N) is 1. The van der Waals surface area contributed by atoms with Crippen molar-refractivity contribution in [3.05, 3.63) is 33.7 Å². The van der Waals surface area contributed by atoms with Gasteiger partial charge in [-0.15, -0.1) is 11.3 Å². The van der Waals surface area contributed by atoms with Crippen LogP contribution in [0.4, 0.5) is 0 Å². The molecule has 2 N–H and O–H groups in total. The van der Waals surface area contributed by atoms with E-state index in [0.29, 0.717) is 11.4 Å². The predicted octanol–water partition coefficient (Wildman–Crippen LogP) is 0.985. The van der Waals surface area contributed by atoms with Gasteiger partial charge in [-0.1, -0.05) is 20.3 Å². The Morgan fingerprint density at radius 3 is 2.86 bits per heavy atom. The molecule has 0 aliphatic heterocycles. The van der Waals surface area contributed by atoms with Crippen LogP contribution in [0.25, 0.3) is 4.96 Å². The molecule has 0 unspecified atom stereocenters. The first-order chi connectivity index (χ1) is 9.95. The van der Waals surface area contributed by atoms with Crippen LogP contribution in [-0.2, 0) is 4.79 Å². The summed E-state index contributed by atoms with van der Waals surface area (Å²) in [6.45, 7) is 3.56. The van der Waals surface area contributed by atoms with E-state index in [1.54, 1.807) is 12.3 Å². The molecule has 0 aromatic carbocycles. The fourth-order valence-corrected chi connectivity index (χ4v) is 2.56. The summed E-state index contributed by atoms with van der Waals surface area (Å²) in [5.41, 5.74) is -0.674. The topological polar surface area (TPSA) is 101 Å². The van der Waals surface area contributed by atoms with Gasteiger partial charge >= 0.3 is 5.97 Å². The van der Waals surface area contributed by atoms with Gasteiger partial charge in [0.1, 0.15) is 11.6 Å². The standard InChI is InChI=1S/C13H15N3O4S/c1-3-7(2)9(12(19)20)15-10(17)8-6-14-13-16(11(8)18)4-5-21-13/h4-7,9H,3H2,1-2H3,(H,15,17)(H,19,20)/t7-,9-/m0/s1. The molecule has 2 aromatic heterocycles. The molecule has 112 valence electrons. The second-order valence-electron chi connectivity index (χ2n) is 4.71. The smallest absolute Gasteiger partial charge is 0.326 e. The Kier molecular flexibility index (Phi) is 4.37. The second kappa shape index (κ2) is 6.04. The number of amides is 1. The van der Waals surface area contributed by atoms with Crippen molar-refractivity contribution in [1.82, 2.24) is 14.7 Å². The summed E-state index contributed by atoms with van der Waals surface area (Å²) in [5.74, 6) is -2.09. The third kappa shape index (κ3) is 2.94. The minimum Gasteiger partial charge on any atom is -0.480 e. The molecule has 1 amide bonds. The molecule has 8 heteroatoms. The highest BCUT2D eigenvalue weighted by atomic mass is 32.1. The Hall–Kier alpha value is -2.22. The van der Waals surface area contributed by atoms with E-state index in [1.165, 1.54) is 28.1 Å². The maximum Gasteiger partial charge on any atom is 0.326 e. The molecule has 2 aromatic rings. The molecule has 2 heterocycles. The average molecular weight is 309 g/mol. The van der Waals surface area contributed by atoms with E-state index in [4.69, 9.17) is 5.11 Å². The van der Waals surface area contributed by atoms with Crippen molar-refractivity contribution in [3.8, 4) is 0 Å². The van der Waals surface area contributed by atoms with Gasteiger partial charge in [0.15, 0.2) is 4.96 Å². The molecule has 0 bridgehead atoms. The quantitative estimate of drug-likeness (QED) is 0.857. The molecule has 0 radical (unpaired) electrons. The van der Waals surface area contributed by atoms with Crippen molar-refractivity contribution in [2.24, 2.45) is 5.92 Å². The largest absolute Gasteiger partial charge is 0.480 e. The molecular weight excluding hydrogens is 294 g/mol. The van der Waals surface area contributed by atoms with E-state index < -0.39 is 23.5 Å². The summed E-state index contributed by atoms with van der Waals surface area (Å²) in [4.78, 5) is 40.0. The Balaban J connectivity index is 2.31. The van der Waals surface area contributed by atoms with Gasteiger partial charge in [-0.3, -0.25) is 14.0 Å². The van der Waals surface area contributed by atoms with E-state index in [1.807, 2.05) is 6.92 Å². The molecule has 0 fully saturated rings. The zero-order valence-electron chi connectivity index (χ0n) is 11.6. The van der Waals surface area contributed by atoms with Crippen molar-refractivity contribution in [3.63, 3.8) is 0 Å². The minimum atomic E-state index is -1.12. The summed E-state index contributed by atoms with van der Waals surface area (Å²) in [7, 11) is 0. The van der Waals surface area contributed by atoms with E-state index in [9.17, 15) is 14.4 Å². The number of rotatable bonds is 5. The molecule has 0 saturated heterocycles. The fraction of sp³-hybridized carbons (Fsp3) is 0.385. The summed E-state index contributed by atoms with van der Waals surface area (Å²) in [6.07, 6.45) is 3.30. The first-order valence-electron chi connectivity index (χ1n) is 6.44. The highest BCUT2D eigenvalue weighted by Gasteiger charge is 2.27. The monoisotopic (exact) mass is 309 g/mol. The SMILES string of the molecule is CC[C@H](C)[C@H](NC(=O)c1cnc2sccn2c1=O)C(=O)O. The third-order valence-corrected chi connectivity index (χ3v) is 4.12. The minimum absolute atomic E-state index is 0.166. The number of aliphatic carboxylic acids is 1. The molecule has 0 aliphatic rings. The zero-order chi connectivity index (χ0) is 15.6. The number of hydrogen-bond donors (Lipinski definition) is 2. The maximum absolute atomic E-state index is 12.1. The number of aromatic nitrogens is 2. The van der Waals surface area contributed by atoms with Crippen LogP contribution in [-0.4, -0.2) is 32.4 Å². The van der Waals surface area contributed by atoms with Crippen molar-refractivity contribution < 1.29 is 14.7 Å².